The average molecular weight is 872 g/mol. The Kier molecular flexibility index (Phi) is 13.8. The summed E-state index contributed by atoms with van der Waals surface area (Å²) in [6.07, 6.45) is 15.1. The minimum atomic E-state index is -2.21. The Bertz CT molecular complexity index is 1610. The van der Waals surface area contributed by atoms with E-state index in [9.17, 15) is 33.9 Å². The molecule has 10 nitrogen and oxygen atoms in total. The van der Waals surface area contributed by atoms with Crippen molar-refractivity contribution < 1.29 is 48.1 Å². The molecular formula is C43H68Cl2O10Si2. The fourth-order valence-electron chi connectivity index (χ4n) is 11.1. The van der Waals surface area contributed by atoms with Crippen molar-refractivity contribution in [1.29, 1.82) is 0 Å². The summed E-state index contributed by atoms with van der Waals surface area (Å²) in [6, 6.07) is 1.41. The molecule has 3 N–H and O–H groups in total. The first-order chi connectivity index (χ1) is 26.4. The first kappa shape index (κ1) is 46.7. The first-order valence-electron chi connectivity index (χ1n) is 21.2. The van der Waals surface area contributed by atoms with Gasteiger partial charge >= 0.3 is 11.9 Å². The number of hydrogen-bond acceptors (Lipinski definition) is 10. The van der Waals surface area contributed by atoms with Crippen LogP contribution in [0.4, 0.5) is 0 Å². The van der Waals surface area contributed by atoms with Gasteiger partial charge in [0.15, 0.2) is 16.6 Å². The molecule has 2 aliphatic heterocycles. The summed E-state index contributed by atoms with van der Waals surface area (Å²) in [6.45, 7) is 15.8. The molecule has 57 heavy (non-hydrogen) atoms. The zero-order valence-corrected chi connectivity index (χ0v) is 39.0. The number of ketones is 2. The van der Waals surface area contributed by atoms with Gasteiger partial charge in [0.2, 0.25) is 0 Å². The van der Waals surface area contributed by atoms with Crippen molar-refractivity contribution in [1.82, 2.24) is 0 Å². The van der Waals surface area contributed by atoms with Crippen molar-refractivity contribution in [2.45, 2.75) is 172 Å². The van der Waals surface area contributed by atoms with E-state index >= 15 is 0 Å². The molecule has 4 aliphatic carbocycles. The highest BCUT2D eigenvalue weighted by Crippen LogP contribution is 2.66. The van der Waals surface area contributed by atoms with Crippen molar-refractivity contribution in [3.63, 3.8) is 0 Å². The molecule has 6 rings (SSSR count). The number of carbonyl (C=O) groups is 4. The van der Waals surface area contributed by atoms with E-state index in [1.807, 2.05) is 52.2 Å². The summed E-state index contributed by atoms with van der Waals surface area (Å²) in [7, 11) is -4.36. The van der Waals surface area contributed by atoms with Crippen LogP contribution >= 0.6 is 23.2 Å². The van der Waals surface area contributed by atoms with Gasteiger partial charge in [-0.15, -0.1) is 23.2 Å². The second kappa shape index (κ2) is 16.8. The Balaban J connectivity index is 0.000000218. The lowest BCUT2D eigenvalue weighted by atomic mass is 9.56. The Morgan fingerprint density at radius 1 is 0.807 bits per heavy atom. The lowest BCUT2D eigenvalue weighted by Gasteiger charge is -2.58. The Labute approximate surface area is 352 Å². The third-order valence-corrected chi connectivity index (χ3v) is 18.3. The third kappa shape index (κ3) is 8.47. The van der Waals surface area contributed by atoms with Gasteiger partial charge in [-0.2, -0.15) is 0 Å². The quantitative estimate of drug-likeness (QED) is 0.0460. The molecule has 0 aromatic carbocycles. The van der Waals surface area contributed by atoms with E-state index in [-0.39, 0.29) is 47.1 Å². The summed E-state index contributed by atoms with van der Waals surface area (Å²) in [5.74, 6) is -1.30. The van der Waals surface area contributed by atoms with Gasteiger partial charge in [0, 0.05) is 41.5 Å². The molecule has 14 heteroatoms. The molecule has 0 spiro atoms. The number of halogens is 2. The molecule has 0 radical (unpaired) electrons. The fourth-order valence-corrected chi connectivity index (χ4v) is 13.9. The Hall–Kier alpha value is -1.39. The van der Waals surface area contributed by atoms with Crippen molar-refractivity contribution in [2.75, 3.05) is 12.5 Å². The summed E-state index contributed by atoms with van der Waals surface area (Å²) in [4.78, 5) is 71.8. The van der Waals surface area contributed by atoms with Crippen LogP contribution in [0.15, 0.2) is 24.3 Å². The summed E-state index contributed by atoms with van der Waals surface area (Å²) in [5.41, 5.74) is -4.90. The maximum atomic E-state index is 13.0. The molecule has 6 aliphatic rings. The molecule has 0 amide bonds. The summed E-state index contributed by atoms with van der Waals surface area (Å²) < 4.78 is 17.8. The molecule has 2 saturated carbocycles. The number of ether oxygens (including phenoxy) is 3. The topological polar surface area (TPSA) is 157 Å². The van der Waals surface area contributed by atoms with E-state index in [1.54, 1.807) is 6.92 Å². The second-order valence-electron chi connectivity index (χ2n) is 20.2. The normalized spacial score (nSPS) is 38.8. The predicted molar refractivity (Wildman–Crippen MR) is 226 cm³/mol. The number of carbonyl (C=O) groups excluding carboxylic acids is 4. The lowest BCUT2D eigenvalue weighted by Crippen LogP contribution is -2.72. The van der Waals surface area contributed by atoms with E-state index in [2.05, 4.69) is 19.1 Å². The molecule has 322 valence electrons. The van der Waals surface area contributed by atoms with Crippen LogP contribution in [0.2, 0.25) is 38.3 Å². The highest BCUT2D eigenvalue weighted by molar-refractivity contribution is 6.70. The maximum Gasteiger partial charge on any atom is 0.319 e. The predicted octanol–water partition coefficient (Wildman–Crippen LogP) is 7.79. The smallest absolute Gasteiger partial charge is 0.319 e. The number of Topliss-reactive ketones (excluding diaryl/α,β-unsaturated/α-hetero) is 2. The van der Waals surface area contributed by atoms with Crippen molar-refractivity contribution in [3.8, 4) is 0 Å². The number of esters is 2. The van der Waals surface area contributed by atoms with Gasteiger partial charge in [-0.1, -0.05) is 38.2 Å². The minimum Gasteiger partial charge on any atom is -0.457 e. The fraction of sp³-hybridized carbons (Fsp3) is 0.814. The largest absolute Gasteiger partial charge is 0.457 e. The number of rotatable bonds is 16. The summed E-state index contributed by atoms with van der Waals surface area (Å²) in [5, 5.41) is 11.1. The first-order valence-corrected chi connectivity index (χ1v) is 28.5. The van der Waals surface area contributed by atoms with Gasteiger partial charge in [0.25, 0.3) is 0 Å². The SMILES string of the molecule is C[C@@]12OC(=O)[C@]1([C@@H](O)[C@]1(C)C=CCCC1)CC(=O)[C@@H]2CC(Cl)CC[Si](C)(C)O.C[C@@]12OC(=O)[C@]1([C@@H](OCCC[Si](C)(C)O)[C@]1(C)C=CCCC1)CC(=O)[C@@H]2CCCl. The van der Waals surface area contributed by atoms with E-state index in [0.29, 0.717) is 37.8 Å². The van der Waals surface area contributed by atoms with Crippen molar-refractivity contribution in [3.05, 3.63) is 24.3 Å². The molecule has 0 aromatic rings. The monoisotopic (exact) mass is 870 g/mol. The lowest BCUT2D eigenvalue weighted by molar-refractivity contribution is -0.275. The second-order valence-corrected chi connectivity index (χ2v) is 29.4. The maximum absolute atomic E-state index is 13.0. The molecule has 0 aromatic heterocycles. The van der Waals surface area contributed by atoms with Gasteiger partial charge < -0.3 is 28.9 Å². The Morgan fingerprint density at radius 2 is 1.32 bits per heavy atom. The van der Waals surface area contributed by atoms with Crippen LogP contribution in [-0.4, -0.2) is 96.1 Å². The van der Waals surface area contributed by atoms with E-state index in [1.165, 1.54) is 0 Å². The Morgan fingerprint density at radius 3 is 1.81 bits per heavy atom. The highest BCUT2D eigenvalue weighted by Gasteiger charge is 2.81. The third-order valence-electron chi connectivity index (χ3n) is 14.6. The molecular weight excluding hydrogens is 804 g/mol. The summed E-state index contributed by atoms with van der Waals surface area (Å²) >= 11 is 12.5. The van der Waals surface area contributed by atoms with Crippen LogP contribution in [0, 0.1) is 33.5 Å². The van der Waals surface area contributed by atoms with Gasteiger partial charge in [-0.25, -0.2) is 0 Å². The van der Waals surface area contributed by atoms with Crippen LogP contribution < -0.4 is 0 Å². The van der Waals surface area contributed by atoms with Crippen molar-refractivity contribution in [2.24, 2.45) is 33.5 Å². The molecule has 2 saturated heterocycles. The molecule has 2 heterocycles. The molecule has 1 unspecified atom stereocenters. The number of aliphatic hydroxyl groups is 1. The van der Waals surface area contributed by atoms with Gasteiger partial charge in [0.05, 0.1) is 24.0 Å². The standard InChI is InChI=1S/C22H35ClO5Si.C21H33ClO5Si/c1-20(10-6-5-7-11-20)18(27-13-8-14-29(3,4)26)22-15-17(24)16(9-12-23)21(22,2)28-19(22)25;1-19(9-6-5-7-10-19)17(24)21-13-16(23)15(20(21,2)27-18(21)25)12-14(22)8-11-28(3,4)26/h6,10,16,18,26H,5,7-9,11-15H2,1-4H3;6,9,14-15,17,24,26H,5,7-8,10-13H2,1-4H3/t16-,18-,20+,21-,22+;14?,15-,17-,19+,20-,21+/m00/s1. The highest BCUT2D eigenvalue weighted by atomic mass is 35.5. The average Bonchev–Trinajstić information content (AvgIpc) is 3.40. The molecule has 0 bridgehead atoms. The van der Waals surface area contributed by atoms with Crippen LogP contribution in [-0.2, 0) is 33.4 Å². The number of hydrogen-bond donors (Lipinski definition) is 3. The van der Waals surface area contributed by atoms with Crippen LogP contribution in [0.25, 0.3) is 0 Å². The van der Waals surface area contributed by atoms with E-state index in [4.69, 9.17) is 37.4 Å². The molecule has 4 fully saturated rings. The van der Waals surface area contributed by atoms with Crippen LogP contribution in [0.5, 0.6) is 0 Å². The van der Waals surface area contributed by atoms with E-state index in [0.717, 1.165) is 51.0 Å². The van der Waals surface area contributed by atoms with E-state index < -0.39 is 68.2 Å². The number of aliphatic hydroxyl groups excluding tert-OH is 1. The number of allylic oxidation sites excluding steroid dienone is 2. The van der Waals surface area contributed by atoms with Crippen LogP contribution in [0.1, 0.15) is 105 Å². The van der Waals surface area contributed by atoms with Crippen molar-refractivity contribution >= 4 is 63.3 Å². The van der Waals surface area contributed by atoms with Gasteiger partial charge in [0.1, 0.15) is 33.6 Å². The zero-order valence-electron chi connectivity index (χ0n) is 35.5. The number of fused-ring (bicyclic) bond motifs is 2. The number of alkyl halides is 2. The molecule has 11 atom stereocenters. The van der Waals surface area contributed by atoms with Gasteiger partial charge in [-0.3, -0.25) is 19.2 Å². The zero-order chi connectivity index (χ0) is 42.5. The minimum absolute atomic E-state index is 0.0153. The van der Waals surface area contributed by atoms with Gasteiger partial charge in [-0.05, 0) is 116 Å². The van der Waals surface area contributed by atoms with Crippen LogP contribution in [0.3, 0.4) is 0 Å².